The first-order valence-corrected chi connectivity index (χ1v) is 7.72. The highest BCUT2D eigenvalue weighted by Crippen LogP contribution is 2.20. The van der Waals surface area contributed by atoms with Crippen LogP contribution in [0.1, 0.15) is 39.5 Å². The molecule has 1 atom stereocenters. The van der Waals surface area contributed by atoms with Gasteiger partial charge in [0, 0.05) is 24.5 Å². The maximum Gasteiger partial charge on any atom is 0.195 e. The Hall–Kier alpha value is -1.49. The number of rotatable bonds is 7. The summed E-state index contributed by atoms with van der Waals surface area (Å²) in [7, 11) is 0. The highest BCUT2D eigenvalue weighted by Gasteiger charge is 2.13. The van der Waals surface area contributed by atoms with Crippen LogP contribution in [0.2, 0.25) is 0 Å². The van der Waals surface area contributed by atoms with Crippen molar-refractivity contribution < 1.29 is 0 Å². The molecule has 1 N–H and O–H groups in total. The lowest BCUT2D eigenvalue weighted by molar-refractivity contribution is 0.390. The molecule has 0 bridgehead atoms. The maximum atomic E-state index is 5.38. The summed E-state index contributed by atoms with van der Waals surface area (Å²) in [6.07, 6.45) is 8.51. The van der Waals surface area contributed by atoms with Gasteiger partial charge < -0.3 is 0 Å². The smallest absolute Gasteiger partial charge is 0.195 e. The number of unbranched alkanes of at least 4 members (excludes halogenated alkanes) is 1. The lowest BCUT2D eigenvalue weighted by Crippen LogP contribution is -2.11. The van der Waals surface area contributed by atoms with E-state index in [1.807, 2.05) is 18.3 Å². The SMILES string of the molecule is CCCCC(CC)Cn1c(-c2cccnc2)n[nH]c1=S. The zero-order chi connectivity index (χ0) is 14.4. The molecule has 0 spiro atoms. The lowest BCUT2D eigenvalue weighted by atomic mass is 9.99. The van der Waals surface area contributed by atoms with Gasteiger partial charge in [0.25, 0.3) is 0 Å². The van der Waals surface area contributed by atoms with E-state index in [1.54, 1.807) is 6.20 Å². The van der Waals surface area contributed by atoms with Crippen LogP contribution in [-0.2, 0) is 6.54 Å². The molecule has 0 aliphatic rings. The Bertz CT molecular complexity index is 573. The molecule has 5 heteroatoms. The van der Waals surface area contributed by atoms with Crippen molar-refractivity contribution in [3.8, 4) is 11.4 Å². The lowest BCUT2D eigenvalue weighted by Gasteiger charge is -2.16. The second-order valence-corrected chi connectivity index (χ2v) is 5.51. The average Bonchev–Trinajstić information content (AvgIpc) is 2.85. The van der Waals surface area contributed by atoms with Gasteiger partial charge in [-0.05, 0) is 36.7 Å². The van der Waals surface area contributed by atoms with E-state index in [1.165, 1.54) is 25.7 Å². The van der Waals surface area contributed by atoms with Gasteiger partial charge in [-0.1, -0.05) is 33.1 Å². The summed E-state index contributed by atoms with van der Waals surface area (Å²) >= 11 is 5.38. The maximum absolute atomic E-state index is 5.38. The Morgan fingerprint density at radius 2 is 2.25 bits per heavy atom. The molecule has 0 saturated carbocycles. The summed E-state index contributed by atoms with van der Waals surface area (Å²) in [5.74, 6) is 1.53. The van der Waals surface area contributed by atoms with E-state index >= 15 is 0 Å². The minimum Gasteiger partial charge on any atom is -0.300 e. The average molecular weight is 290 g/mol. The van der Waals surface area contributed by atoms with E-state index in [-0.39, 0.29) is 0 Å². The van der Waals surface area contributed by atoms with Crippen molar-refractivity contribution in [1.82, 2.24) is 19.7 Å². The molecule has 0 aliphatic heterocycles. The minimum absolute atomic E-state index is 0.648. The fourth-order valence-electron chi connectivity index (χ4n) is 2.38. The van der Waals surface area contributed by atoms with Crippen LogP contribution in [0.15, 0.2) is 24.5 Å². The second-order valence-electron chi connectivity index (χ2n) is 5.12. The van der Waals surface area contributed by atoms with Gasteiger partial charge in [-0.3, -0.25) is 14.6 Å². The van der Waals surface area contributed by atoms with Crippen LogP contribution in [0, 0.1) is 10.7 Å². The summed E-state index contributed by atoms with van der Waals surface area (Å²) in [5, 5.41) is 7.27. The molecule has 2 aromatic heterocycles. The Morgan fingerprint density at radius 3 is 2.90 bits per heavy atom. The van der Waals surface area contributed by atoms with E-state index in [9.17, 15) is 0 Å². The van der Waals surface area contributed by atoms with Crippen LogP contribution in [0.4, 0.5) is 0 Å². The predicted octanol–water partition coefficient (Wildman–Crippen LogP) is 4.22. The van der Waals surface area contributed by atoms with Gasteiger partial charge >= 0.3 is 0 Å². The molecule has 0 aromatic carbocycles. The Kier molecular flexibility index (Phi) is 5.47. The van der Waals surface area contributed by atoms with Gasteiger partial charge in [-0.25, -0.2) is 0 Å². The molecule has 0 amide bonds. The standard InChI is InChI=1S/C15H22N4S/c1-3-5-7-12(4-2)11-19-14(17-18-15(19)20)13-8-6-9-16-10-13/h6,8-10,12H,3-5,7,11H2,1-2H3,(H,18,20). The molecular weight excluding hydrogens is 268 g/mol. The van der Waals surface area contributed by atoms with Crippen LogP contribution in [0.3, 0.4) is 0 Å². The van der Waals surface area contributed by atoms with E-state index in [4.69, 9.17) is 12.2 Å². The number of aromatic nitrogens is 4. The van der Waals surface area contributed by atoms with Crippen LogP contribution < -0.4 is 0 Å². The van der Waals surface area contributed by atoms with Gasteiger partial charge in [0.15, 0.2) is 10.6 Å². The molecular formula is C15H22N4S. The fraction of sp³-hybridized carbons (Fsp3) is 0.533. The molecule has 2 rings (SSSR count). The summed E-state index contributed by atoms with van der Waals surface area (Å²) in [4.78, 5) is 4.16. The number of nitrogens with one attached hydrogen (secondary N) is 1. The highest BCUT2D eigenvalue weighted by molar-refractivity contribution is 7.71. The topological polar surface area (TPSA) is 46.5 Å². The van der Waals surface area contributed by atoms with Crippen molar-refractivity contribution in [2.45, 2.75) is 46.1 Å². The summed E-state index contributed by atoms with van der Waals surface area (Å²) in [6, 6.07) is 3.94. The largest absolute Gasteiger partial charge is 0.300 e. The van der Waals surface area contributed by atoms with Gasteiger partial charge in [0.1, 0.15) is 0 Å². The van der Waals surface area contributed by atoms with Crippen LogP contribution in [0.5, 0.6) is 0 Å². The van der Waals surface area contributed by atoms with Crippen molar-refractivity contribution in [3.05, 3.63) is 29.3 Å². The van der Waals surface area contributed by atoms with Gasteiger partial charge in [0.2, 0.25) is 0 Å². The first-order chi connectivity index (χ1) is 9.76. The molecule has 0 aliphatic carbocycles. The van der Waals surface area contributed by atoms with Crippen molar-refractivity contribution >= 4 is 12.2 Å². The molecule has 1 unspecified atom stereocenters. The van der Waals surface area contributed by atoms with Crippen molar-refractivity contribution in [3.63, 3.8) is 0 Å². The normalized spacial score (nSPS) is 12.5. The molecule has 0 radical (unpaired) electrons. The zero-order valence-corrected chi connectivity index (χ0v) is 13.0. The van der Waals surface area contributed by atoms with Gasteiger partial charge in [-0.15, -0.1) is 0 Å². The van der Waals surface area contributed by atoms with Crippen molar-refractivity contribution in [2.75, 3.05) is 0 Å². The van der Waals surface area contributed by atoms with E-state index in [2.05, 4.69) is 33.6 Å². The van der Waals surface area contributed by atoms with Crippen molar-refractivity contribution in [1.29, 1.82) is 0 Å². The van der Waals surface area contributed by atoms with E-state index in [0.29, 0.717) is 10.7 Å². The van der Waals surface area contributed by atoms with Gasteiger partial charge in [0.05, 0.1) is 0 Å². The number of H-pyrrole nitrogens is 1. The Balaban J connectivity index is 2.23. The summed E-state index contributed by atoms with van der Waals surface area (Å²) in [6.45, 7) is 5.40. The van der Waals surface area contributed by atoms with Crippen LogP contribution in [0.25, 0.3) is 11.4 Å². The quantitative estimate of drug-likeness (QED) is 0.777. The van der Waals surface area contributed by atoms with Gasteiger partial charge in [-0.2, -0.15) is 5.10 Å². The molecule has 4 nitrogen and oxygen atoms in total. The molecule has 108 valence electrons. The molecule has 2 heterocycles. The van der Waals surface area contributed by atoms with Crippen LogP contribution in [-0.4, -0.2) is 19.7 Å². The monoisotopic (exact) mass is 290 g/mol. The number of pyridine rings is 1. The van der Waals surface area contributed by atoms with Crippen molar-refractivity contribution in [2.24, 2.45) is 5.92 Å². The Morgan fingerprint density at radius 1 is 1.40 bits per heavy atom. The highest BCUT2D eigenvalue weighted by atomic mass is 32.1. The first kappa shape index (κ1) is 14.9. The zero-order valence-electron chi connectivity index (χ0n) is 12.2. The second kappa shape index (κ2) is 7.33. The predicted molar refractivity (Wildman–Crippen MR) is 83.9 cm³/mol. The van der Waals surface area contributed by atoms with E-state index in [0.717, 1.165) is 17.9 Å². The van der Waals surface area contributed by atoms with Crippen LogP contribution >= 0.6 is 12.2 Å². The molecule has 2 aromatic rings. The third-order valence-corrected chi connectivity index (χ3v) is 3.97. The number of nitrogens with zero attached hydrogens (tertiary/aromatic N) is 3. The first-order valence-electron chi connectivity index (χ1n) is 7.31. The molecule has 0 fully saturated rings. The summed E-state index contributed by atoms with van der Waals surface area (Å²) < 4.78 is 2.80. The van der Waals surface area contributed by atoms with E-state index < -0.39 is 0 Å². The molecule has 20 heavy (non-hydrogen) atoms. The fourth-order valence-corrected chi connectivity index (χ4v) is 2.58. The number of hydrogen-bond acceptors (Lipinski definition) is 3. The third kappa shape index (κ3) is 3.54. The number of hydrogen-bond donors (Lipinski definition) is 1. The summed E-state index contributed by atoms with van der Waals surface area (Å²) in [5.41, 5.74) is 1.00. The molecule has 0 saturated heterocycles. The minimum atomic E-state index is 0.648. The Labute approximate surface area is 125 Å². The third-order valence-electron chi connectivity index (χ3n) is 3.66. The number of aromatic amines is 1.